The Morgan fingerprint density at radius 3 is 2.76 bits per heavy atom. The van der Waals surface area contributed by atoms with E-state index < -0.39 is 5.97 Å². The van der Waals surface area contributed by atoms with E-state index in [1.807, 2.05) is 13.8 Å². The predicted octanol–water partition coefficient (Wildman–Crippen LogP) is 3.10. The minimum absolute atomic E-state index is 0.301. The highest BCUT2D eigenvalue weighted by Gasteiger charge is 2.15. The number of nitrogens with two attached hydrogens (primary N) is 1. The van der Waals surface area contributed by atoms with Crippen molar-refractivity contribution in [1.29, 1.82) is 0 Å². The SMILES string of the molecule is CCOC(=O)c1ccc(N)cc1OCc1nc(C)c(C)s1. The Morgan fingerprint density at radius 2 is 2.14 bits per heavy atom. The molecule has 5 nitrogen and oxygen atoms in total. The smallest absolute Gasteiger partial charge is 0.341 e. The number of carbonyl (C=O) groups is 1. The third kappa shape index (κ3) is 3.72. The zero-order valence-corrected chi connectivity index (χ0v) is 13.1. The predicted molar refractivity (Wildman–Crippen MR) is 82.7 cm³/mol. The topological polar surface area (TPSA) is 74.4 Å². The number of nitrogens with zero attached hydrogens (tertiary/aromatic N) is 1. The van der Waals surface area contributed by atoms with Gasteiger partial charge >= 0.3 is 5.97 Å². The Bertz CT molecular complexity index is 633. The molecule has 0 bridgehead atoms. The molecule has 0 aliphatic heterocycles. The number of ether oxygens (including phenoxy) is 2. The number of hydrogen-bond donors (Lipinski definition) is 1. The normalized spacial score (nSPS) is 10.4. The number of hydrogen-bond acceptors (Lipinski definition) is 6. The van der Waals surface area contributed by atoms with Gasteiger partial charge in [0.2, 0.25) is 0 Å². The third-order valence-electron chi connectivity index (χ3n) is 2.92. The first-order valence-electron chi connectivity index (χ1n) is 6.63. The summed E-state index contributed by atoms with van der Waals surface area (Å²) in [6, 6.07) is 4.89. The molecule has 2 rings (SSSR count). The number of rotatable bonds is 5. The van der Waals surface area contributed by atoms with E-state index in [1.165, 1.54) is 0 Å². The van der Waals surface area contributed by atoms with Gasteiger partial charge in [0.05, 0.1) is 12.3 Å². The van der Waals surface area contributed by atoms with Crippen molar-refractivity contribution >= 4 is 23.0 Å². The van der Waals surface area contributed by atoms with Crippen LogP contribution in [0.15, 0.2) is 18.2 Å². The highest BCUT2D eigenvalue weighted by atomic mass is 32.1. The molecule has 0 saturated carbocycles. The molecule has 0 amide bonds. The van der Waals surface area contributed by atoms with E-state index in [9.17, 15) is 4.79 Å². The molecule has 2 aromatic rings. The van der Waals surface area contributed by atoms with Crippen LogP contribution in [0.1, 0.15) is 32.9 Å². The van der Waals surface area contributed by atoms with Crippen molar-refractivity contribution in [2.24, 2.45) is 0 Å². The Kier molecular flexibility index (Phi) is 4.80. The highest BCUT2D eigenvalue weighted by Crippen LogP contribution is 2.25. The maximum absolute atomic E-state index is 11.9. The Balaban J connectivity index is 2.18. The lowest BCUT2D eigenvalue weighted by Crippen LogP contribution is -2.08. The van der Waals surface area contributed by atoms with Gasteiger partial charge in [-0.1, -0.05) is 0 Å². The number of nitrogen functional groups attached to an aromatic ring is 1. The second-order valence-corrected chi connectivity index (χ2v) is 5.80. The van der Waals surface area contributed by atoms with Crippen LogP contribution in [0.3, 0.4) is 0 Å². The Labute approximate surface area is 127 Å². The molecule has 0 spiro atoms. The van der Waals surface area contributed by atoms with Crippen LogP contribution >= 0.6 is 11.3 Å². The van der Waals surface area contributed by atoms with E-state index in [-0.39, 0.29) is 0 Å². The van der Waals surface area contributed by atoms with E-state index in [0.717, 1.165) is 15.6 Å². The van der Waals surface area contributed by atoms with Gasteiger partial charge in [0.25, 0.3) is 0 Å². The number of anilines is 1. The summed E-state index contributed by atoms with van der Waals surface area (Å²) in [7, 11) is 0. The minimum atomic E-state index is -0.418. The summed E-state index contributed by atoms with van der Waals surface area (Å²) >= 11 is 1.58. The van der Waals surface area contributed by atoms with Crippen molar-refractivity contribution < 1.29 is 14.3 Å². The van der Waals surface area contributed by atoms with Gasteiger partial charge < -0.3 is 15.2 Å². The maximum atomic E-state index is 11.9. The summed E-state index contributed by atoms with van der Waals surface area (Å²) < 4.78 is 10.7. The van der Waals surface area contributed by atoms with Crippen LogP contribution in [0.5, 0.6) is 5.75 Å². The van der Waals surface area contributed by atoms with E-state index in [1.54, 1.807) is 36.5 Å². The van der Waals surface area contributed by atoms with E-state index in [4.69, 9.17) is 15.2 Å². The average Bonchev–Trinajstić information content (AvgIpc) is 2.76. The summed E-state index contributed by atoms with van der Waals surface area (Å²) in [6.45, 7) is 6.35. The van der Waals surface area contributed by atoms with Crippen LogP contribution < -0.4 is 10.5 Å². The molecule has 0 unspecified atom stereocenters. The van der Waals surface area contributed by atoms with Crippen molar-refractivity contribution in [1.82, 2.24) is 4.98 Å². The van der Waals surface area contributed by atoms with Gasteiger partial charge in [0, 0.05) is 16.6 Å². The quantitative estimate of drug-likeness (QED) is 0.678. The van der Waals surface area contributed by atoms with E-state index in [2.05, 4.69) is 4.98 Å². The van der Waals surface area contributed by atoms with Crippen molar-refractivity contribution in [3.05, 3.63) is 39.3 Å². The molecule has 1 aromatic heterocycles. The van der Waals surface area contributed by atoms with Gasteiger partial charge in [-0.2, -0.15) is 0 Å². The number of carbonyl (C=O) groups excluding carboxylic acids is 1. The molecule has 0 aliphatic carbocycles. The van der Waals surface area contributed by atoms with Crippen molar-refractivity contribution in [3.63, 3.8) is 0 Å². The van der Waals surface area contributed by atoms with Gasteiger partial charge in [-0.15, -0.1) is 11.3 Å². The first kappa shape index (κ1) is 15.3. The number of aromatic nitrogens is 1. The number of aryl methyl sites for hydroxylation is 2. The van der Waals surface area contributed by atoms with Crippen molar-refractivity contribution in [2.75, 3.05) is 12.3 Å². The largest absolute Gasteiger partial charge is 0.485 e. The van der Waals surface area contributed by atoms with Crippen LogP contribution in [-0.4, -0.2) is 17.6 Å². The standard InChI is InChI=1S/C15H18N2O3S/c1-4-19-15(18)12-6-5-11(16)7-13(12)20-8-14-17-9(2)10(3)21-14/h5-7H,4,8,16H2,1-3H3. The summed E-state index contributed by atoms with van der Waals surface area (Å²) in [6.07, 6.45) is 0. The fraction of sp³-hybridized carbons (Fsp3) is 0.333. The molecule has 0 fully saturated rings. The van der Waals surface area contributed by atoms with Crippen LogP contribution in [-0.2, 0) is 11.3 Å². The van der Waals surface area contributed by atoms with Gasteiger partial charge in [-0.05, 0) is 32.9 Å². The van der Waals surface area contributed by atoms with Gasteiger partial charge in [0.15, 0.2) is 0 Å². The molecule has 0 aliphatic rings. The zero-order valence-electron chi connectivity index (χ0n) is 12.3. The molecule has 0 radical (unpaired) electrons. The number of benzene rings is 1. The second-order valence-electron chi connectivity index (χ2n) is 4.51. The molecule has 6 heteroatoms. The fourth-order valence-electron chi connectivity index (χ4n) is 1.78. The monoisotopic (exact) mass is 306 g/mol. The molecular formula is C15H18N2O3S. The lowest BCUT2D eigenvalue weighted by atomic mass is 10.2. The second kappa shape index (κ2) is 6.58. The van der Waals surface area contributed by atoms with Gasteiger partial charge in [-0.25, -0.2) is 9.78 Å². The summed E-state index contributed by atoms with van der Waals surface area (Å²) in [5.74, 6) is -0.00189. The summed E-state index contributed by atoms with van der Waals surface area (Å²) in [4.78, 5) is 17.5. The minimum Gasteiger partial charge on any atom is -0.485 e. The zero-order chi connectivity index (χ0) is 15.4. The van der Waals surface area contributed by atoms with Gasteiger partial charge in [0.1, 0.15) is 22.9 Å². The lowest BCUT2D eigenvalue weighted by molar-refractivity contribution is 0.0521. The maximum Gasteiger partial charge on any atom is 0.341 e. The molecule has 2 N–H and O–H groups in total. The van der Waals surface area contributed by atoms with Crippen LogP contribution in [0, 0.1) is 13.8 Å². The summed E-state index contributed by atoms with van der Waals surface area (Å²) in [5.41, 5.74) is 7.65. The third-order valence-corrected chi connectivity index (χ3v) is 3.97. The number of esters is 1. The molecule has 0 atom stereocenters. The number of thiazole rings is 1. The molecule has 0 saturated heterocycles. The lowest BCUT2D eigenvalue weighted by Gasteiger charge is -2.10. The summed E-state index contributed by atoms with van der Waals surface area (Å²) in [5, 5.41) is 0.863. The molecule has 1 aromatic carbocycles. The molecular weight excluding hydrogens is 288 g/mol. The molecule has 112 valence electrons. The van der Waals surface area contributed by atoms with Crippen molar-refractivity contribution in [3.8, 4) is 5.75 Å². The first-order chi connectivity index (χ1) is 10.0. The van der Waals surface area contributed by atoms with Crippen LogP contribution in [0.25, 0.3) is 0 Å². The molecule has 1 heterocycles. The highest BCUT2D eigenvalue weighted by molar-refractivity contribution is 7.11. The Morgan fingerprint density at radius 1 is 1.38 bits per heavy atom. The first-order valence-corrected chi connectivity index (χ1v) is 7.45. The van der Waals surface area contributed by atoms with Crippen molar-refractivity contribution in [2.45, 2.75) is 27.4 Å². The van der Waals surface area contributed by atoms with E-state index in [0.29, 0.717) is 30.2 Å². The van der Waals surface area contributed by atoms with Gasteiger partial charge in [-0.3, -0.25) is 0 Å². The Hall–Kier alpha value is -2.08. The fourth-order valence-corrected chi connectivity index (χ4v) is 2.62. The average molecular weight is 306 g/mol. The van der Waals surface area contributed by atoms with Crippen LogP contribution in [0.4, 0.5) is 5.69 Å². The van der Waals surface area contributed by atoms with E-state index >= 15 is 0 Å². The van der Waals surface area contributed by atoms with Crippen LogP contribution in [0.2, 0.25) is 0 Å². The molecule has 21 heavy (non-hydrogen) atoms.